The first-order valence-electron chi connectivity index (χ1n) is 9.03. The van der Waals surface area contributed by atoms with Gasteiger partial charge in [-0.3, -0.25) is 4.90 Å². The molecule has 1 atom stereocenters. The molecule has 1 aliphatic rings. The van der Waals surface area contributed by atoms with Crippen LogP contribution in [0.2, 0.25) is 0 Å². The van der Waals surface area contributed by atoms with E-state index in [1.54, 1.807) is 19.2 Å². The molecule has 3 nitrogen and oxygen atoms in total. The van der Waals surface area contributed by atoms with Gasteiger partial charge in [-0.1, -0.05) is 36.4 Å². The summed E-state index contributed by atoms with van der Waals surface area (Å²) in [7, 11) is 1.70. The van der Waals surface area contributed by atoms with Crippen LogP contribution in [0, 0.1) is 5.82 Å². The molecule has 4 heteroatoms. The highest BCUT2D eigenvalue weighted by atomic mass is 19.1. The zero-order valence-corrected chi connectivity index (χ0v) is 14.9. The quantitative estimate of drug-likeness (QED) is 0.682. The van der Waals surface area contributed by atoms with Crippen LogP contribution in [0.25, 0.3) is 0 Å². The van der Waals surface area contributed by atoms with E-state index in [4.69, 9.17) is 4.74 Å². The number of ether oxygens (including phenoxy) is 1. The number of nitrogens with zero attached hydrogens (tertiary/aromatic N) is 2. The lowest BCUT2D eigenvalue weighted by molar-refractivity contribution is 0.213. The lowest BCUT2D eigenvalue weighted by atomic mass is 10.0. The summed E-state index contributed by atoms with van der Waals surface area (Å²) < 4.78 is 22.5. The van der Waals surface area contributed by atoms with Gasteiger partial charge < -0.3 is 9.30 Å². The predicted molar refractivity (Wildman–Crippen MR) is 101 cm³/mol. The van der Waals surface area contributed by atoms with Gasteiger partial charge in [0.1, 0.15) is 11.6 Å². The molecule has 1 unspecified atom stereocenters. The third-order valence-electron chi connectivity index (χ3n) is 5.12. The number of rotatable bonds is 4. The Hall–Kier alpha value is -2.59. The second-order valence-electron chi connectivity index (χ2n) is 6.69. The Morgan fingerprint density at radius 1 is 1.00 bits per heavy atom. The minimum atomic E-state index is -0.155. The number of benzene rings is 2. The van der Waals surface area contributed by atoms with Gasteiger partial charge in [-0.2, -0.15) is 0 Å². The fourth-order valence-corrected chi connectivity index (χ4v) is 3.92. The van der Waals surface area contributed by atoms with Crippen molar-refractivity contribution in [2.75, 3.05) is 13.7 Å². The number of fused-ring (bicyclic) bond motifs is 1. The molecule has 2 aromatic carbocycles. The van der Waals surface area contributed by atoms with Crippen LogP contribution < -0.4 is 4.74 Å². The first-order chi connectivity index (χ1) is 12.8. The molecule has 26 heavy (non-hydrogen) atoms. The Labute approximate surface area is 153 Å². The molecule has 0 saturated heterocycles. The van der Waals surface area contributed by atoms with Crippen molar-refractivity contribution in [3.63, 3.8) is 0 Å². The molecule has 134 valence electrons. The maximum atomic E-state index is 14.7. The Kier molecular flexibility index (Phi) is 4.76. The Bertz CT molecular complexity index is 889. The summed E-state index contributed by atoms with van der Waals surface area (Å²) in [4.78, 5) is 2.36. The van der Waals surface area contributed by atoms with Crippen molar-refractivity contribution in [2.24, 2.45) is 0 Å². The summed E-state index contributed by atoms with van der Waals surface area (Å²) in [5, 5.41) is 0. The summed E-state index contributed by atoms with van der Waals surface area (Å²) in [5.74, 6) is 0.719. The summed E-state index contributed by atoms with van der Waals surface area (Å²) >= 11 is 0. The van der Waals surface area contributed by atoms with Gasteiger partial charge in [-0.05, 0) is 30.7 Å². The average Bonchev–Trinajstić information content (AvgIpc) is 3.05. The van der Waals surface area contributed by atoms with E-state index in [9.17, 15) is 4.39 Å². The van der Waals surface area contributed by atoms with Gasteiger partial charge >= 0.3 is 0 Å². The van der Waals surface area contributed by atoms with Crippen LogP contribution in [0.15, 0.2) is 66.9 Å². The van der Waals surface area contributed by atoms with Gasteiger partial charge in [0.2, 0.25) is 0 Å². The number of para-hydroxylation sites is 1. The normalized spacial score (nSPS) is 17.5. The molecule has 0 radical (unpaired) electrons. The van der Waals surface area contributed by atoms with Crippen LogP contribution in [0.1, 0.15) is 29.3 Å². The zero-order valence-electron chi connectivity index (χ0n) is 14.9. The first kappa shape index (κ1) is 16.9. The van der Waals surface area contributed by atoms with Gasteiger partial charge in [0.05, 0.1) is 13.2 Å². The first-order valence-corrected chi connectivity index (χ1v) is 9.03. The van der Waals surface area contributed by atoms with Gasteiger partial charge in [0.25, 0.3) is 0 Å². The fraction of sp³-hybridized carbons (Fsp3) is 0.273. The van der Waals surface area contributed by atoms with Crippen LogP contribution >= 0.6 is 0 Å². The lowest BCUT2D eigenvalue weighted by Crippen LogP contribution is -2.30. The van der Waals surface area contributed by atoms with Crippen LogP contribution in [-0.4, -0.2) is 23.1 Å². The molecule has 2 heterocycles. The molecule has 0 amide bonds. The number of aromatic nitrogens is 1. The Morgan fingerprint density at radius 3 is 2.65 bits per heavy atom. The smallest absolute Gasteiger partial charge is 0.128 e. The number of methoxy groups -OCH3 is 1. The number of halogens is 1. The van der Waals surface area contributed by atoms with E-state index in [0.717, 1.165) is 42.1 Å². The lowest BCUT2D eigenvalue weighted by Gasteiger charge is -2.31. The molecule has 4 rings (SSSR count). The number of hydrogen-bond donors (Lipinski definition) is 0. The van der Waals surface area contributed by atoms with E-state index < -0.39 is 0 Å². The van der Waals surface area contributed by atoms with Crippen molar-refractivity contribution in [2.45, 2.75) is 25.6 Å². The molecular formula is C22H23FN2O. The second-order valence-corrected chi connectivity index (χ2v) is 6.69. The molecular weight excluding hydrogens is 327 g/mol. The molecule has 1 aromatic heterocycles. The maximum Gasteiger partial charge on any atom is 0.128 e. The van der Waals surface area contributed by atoms with Crippen LogP contribution in [0.4, 0.5) is 4.39 Å². The highest BCUT2D eigenvalue weighted by molar-refractivity contribution is 5.35. The topological polar surface area (TPSA) is 17.4 Å². The average molecular weight is 350 g/mol. The van der Waals surface area contributed by atoms with Crippen LogP contribution in [0.3, 0.4) is 0 Å². The zero-order chi connectivity index (χ0) is 17.9. The van der Waals surface area contributed by atoms with Crippen LogP contribution in [-0.2, 0) is 13.1 Å². The van der Waals surface area contributed by atoms with Crippen molar-refractivity contribution in [1.29, 1.82) is 0 Å². The maximum absolute atomic E-state index is 14.7. The summed E-state index contributed by atoms with van der Waals surface area (Å²) in [6.07, 6.45) is 3.12. The molecule has 3 aromatic rings. The Balaban J connectivity index is 1.78. The summed E-state index contributed by atoms with van der Waals surface area (Å²) in [5.41, 5.74) is 2.99. The molecule has 0 saturated carbocycles. The van der Waals surface area contributed by atoms with Gasteiger partial charge in [-0.15, -0.1) is 0 Å². The van der Waals surface area contributed by atoms with Crippen molar-refractivity contribution >= 4 is 0 Å². The van der Waals surface area contributed by atoms with E-state index in [-0.39, 0.29) is 11.9 Å². The van der Waals surface area contributed by atoms with Crippen molar-refractivity contribution in [3.8, 4) is 5.75 Å². The molecule has 0 bridgehead atoms. The Morgan fingerprint density at radius 2 is 1.81 bits per heavy atom. The third-order valence-corrected chi connectivity index (χ3v) is 5.12. The number of hydrogen-bond acceptors (Lipinski definition) is 2. The van der Waals surface area contributed by atoms with Crippen molar-refractivity contribution < 1.29 is 9.13 Å². The van der Waals surface area contributed by atoms with E-state index >= 15 is 0 Å². The minimum Gasteiger partial charge on any atom is -0.496 e. The monoisotopic (exact) mass is 350 g/mol. The van der Waals surface area contributed by atoms with Gasteiger partial charge in [0.15, 0.2) is 0 Å². The number of aryl methyl sites for hydroxylation is 1. The highest BCUT2D eigenvalue weighted by Crippen LogP contribution is 2.35. The minimum absolute atomic E-state index is 0.112. The van der Waals surface area contributed by atoms with Crippen molar-refractivity contribution in [3.05, 3.63) is 89.5 Å². The summed E-state index contributed by atoms with van der Waals surface area (Å²) in [6, 6.07) is 19.2. The van der Waals surface area contributed by atoms with E-state index in [0.29, 0.717) is 6.54 Å². The standard InChI is InChI=1S/C22H23FN2O/c1-26-21-12-5-2-8-17(21)16-25-15-7-14-24-13-6-11-20(24)22(25)18-9-3-4-10-19(18)23/h2-6,8-13,22H,7,14-16H2,1H3. The SMILES string of the molecule is COc1ccccc1CN1CCCn2cccc2C1c1ccccc1F. The second kappa shape index (κ2) is 7.34. The van der Waals surface area contributed by atoms with Gasteiger partial charge in [0, 0.05) is 42.7 Å². The van der Waals surface area contributed by atoms with E-state index in [2.05, 4.69) is 33.9 Å². The molecule has 0 fully saturated rings. The van der Waals surface area contributed by atoms with E-state index in [1.807, 2.05) is 30.3 Å². The molecule has 0 N–H and O–H groups in total. The predicted octanol–water partition coefficient (Wildman–Crippen LogP) is 4.63. The fourth-order valence-electron chi connectivity index (χ4n) is 3.92. The van der Waals surface area contributed by atoms with Crippen molar-refractivity contribution in [1.82, 2.24) is 9.47 Å². The molecule has 1 aliphatic heterocycles. The largest absolute Gasteiger partial charge is 0.496 e. The summed E-state index contributed by atoms with van der Waals surface area (Å²) in [6.45, 7) is 2.57. The van der Waals surface area contributed by atoms with Crippen LogP contribution in [0.5, 0.6) is 5.75 Å². The van der Waals surface area contributed by atoms with Gasteiger partial charge in [-0.25, -0.2) is 4.39 Å². The molecule has 0 aliphatic carbocycles. The molecule has 0 spiro atoms. The van der Waals surface area contributed by atoms with E-state index in [1.165, 1.54) is 0 Å². The third kappa shape index (κ3) is 3.13. The highest BCUT2D eigenvalue weighted by Gasteiger charge is 2.29.